The second kappa shape index (κ2) is 6.69. The Morgan fingerprint density at radius 3 is 1.33 bits per heavy atom. The highest BCUT2D eigenvalue weighted by Gasteiger charge is 2.41. The molecule has 2 aromatic carbocycles. The van der Waals surface area contributed by atoms with E-state index in [-0.39, 0.29) is 12.1 Å². The summed E-state index contributed by atoms with van der Waals surface area (Å²) in [7, 11) is 7.47. The Kier molecular flexibility index (Phi) is 4.62. The number of hydrogen-bond donors (Lipinski definition) is 0. The molecule has 5 heteroatoms. The molecule has 2 aromatic rings. The number of rotatable bonds is 4. The number of thiocarbonyl (C=S) groups is 1. The van der Waals surface area contributed by atoms with Crippen LogP contribution >= 0.6 is 12.2 Å². The Morgan fingerprint density at radius 2 is 1.04 bits per heavy atom. The summed E-state index contributed by atoms with van der Waals surface area (Å²) in [4.78, 5) is 4.32. The predicted octanol–water partition coefficient (Wildman–Crippen LogP) is 3.65. The van der Waals surface area contributed by atoms with E-state index >= 15 is 0 Å². The maximum absolute atomic E-state index is 5.62. The summed E-state index contributed by atoms with van der Waals surface area (Å²) in [6, 6.07) is 16.7. The largest absolute Gasteiger partial charge is 0.497 e. The molecule has 24 heavy (non-hydrogen) atoms. The average molecular weight is 342 g/mol. The van der Waals surface area contributed by atoms with E-state index < -0.39 is 0 Å². The maximum atomic E-state index is 5.62. The SMILES string of the molecule is COc1ccc(C2C(c3ccc(OC)cc3)N(C)C(=S)N2C)cc1. The van der Waals surface area contributed by atoms with Crippen molar-refractivity contribution in [3.63, 3.8) is 0 Å². The van der Waals surface area contributed by atoms with Crippen molar-refractivity contribution in [1.29, 1.82) is 0 Å². The van der Waals surface area contributed by atoms with Gasteiger partial charge in [-0.05, 0) is 47.6 Å². The van der Waals surface area contributed by atoms with Gasteiger partial charge in [0.2, 0.25) is 0 Å². The van der Waals surface area contributed by atoms with E-state index in [4.69, 9.17) is 21.7 Å². The first-order valence-corrected chi connectivity index (χ1v) is 8.25. The highest BCUT2D eigenvalue weighted by Crippen LogP contribution is 2.43. The lowest BCUT2D eigenvalue weighted by Gasteiger charge is -2.27. The normalized spacial score (nSPS) is 20.4. The van der Waals surface area contributed by atoms with Gasteiger partial charge in [0.15, 0.2) is 5.11 Å². The van der Waals surface area contributed by atoms with Crippen LogP contribution in [0.4, 0.5) is 0 Å². The van der Waals surface area contributed by atoms with E-state index in [1.54, 1.807) is 14.2 Å². The molecule has 0 N–H and O–H groups in total. The lowest BCUT2D eigenvalue weighted by molar-refractivity contribution is 0.316. The molecule has 1 saturated heterocycles. The molecule has 0 bridgehead atoms. The van der Waals surface area contributed by atoms with Gasteiger partial charge in [0.25, 0.3) is 0 Å². The zero-order valence-electron chi connectivity index (χ0n) is 14.4. The fraction of sp³-hybridized carbons (Fsp3) is 0.316. The smallest absolute Gasteiger partial charge is 0.172 e. The molecule has 2 unspecified atom stereocenters. The van der Waals surface area contributed by atoms with Crippen molar-refractivity contribution in [1.82, 2.24) is 9.80 Å². The second-order valence-electron chi connectivity index (χ2n) is 5.94. The fourth-order valence-electron chi connectivity index (χ4n) is 3.32. The first-order valence-electron chi connectivity index (χ1n) is 7.84. The predicted molar refractivity (Wildman–Crippen MR) is 99.6 cm³/mol. The molecular formula is C19H22N2O2S. The molecule has 0 saturated carbocycles. The Hall–Kier alpha value is -2.27. The van der Waals surface area contributed by atoms with E-state index in [1.807, 2.05) is 24.3 Å². The molecular weight excluding hydrogens is 320 g/mol. The Morgan fingerprint density at radius 1 is 0.708 bits per heavy atom. The van der Waals surface area contributed by atoms with Crippen molar-refractivity contribution in [3.05, 3.63) is 59.7 Å². The highest BCUT2D eigenvalue weighted by atomic mass is 32.1. The van der Waals surface area contributed by atoms with Gasteiger partial charge in [-0.15, -0.1) is 0 Å². The van der Waals surface area contributed by atoms with Crippen molar-refractivity contribution >= 4 is 17.3 Å². The van der Waals surface area contributed by atoms with E-state index in [9.17, 15) is 0 Å². The quantitative estimate of drug-likeness (QED) is 0.790. The van der Waals surface area contributed by atoms with Gasteiger partial charge in [0.05, 0.1) is 26.3 Å². The van der Waals surface area contributed by atoms with E-state index in [0.29, 0.717) is 0 Å². The number of benzene rings is 2. The van der Waals surface area contributed by atoms with Gasteiger partial charge in [-0.1, -0.05) is 24.3 Å². The molecule has 1 aliphatic heterocycles. The molecule has 3 rings (SSSR count). The Balaban J connectivity index is 2.00. The zero-order valence-corrected chi connectivity index (χ0v) is 15.2. The van der Waals surface area contributed by atoms with Crippen molar-refractivity contribution in [2.45, 2.75) is 12.1 Å². The number of likely N-dealkylation sites (N-methyl/N-ethyl adjacent to an activating group) is 2. The molecule has 0 amide bonds. The molecule has 1 fully saturated rings. The number of methoxy groups -OCH3 is 2. The van der Waals surface area contributed by atoms with Gasteiger partial charge in [-0.25, -0.2) is 0 Å². The number of hydrogen-bond acceptors (Lipinski definition) is 3. The monoisotopic (exact) mass is 342 g/mol. The highest BCUT2D eigenvalue weighted by molar-refractivity contribution is 7.80. The number of ether oxygens (including phenoxy) is 2. The molecule has 1 aliphatic rings. The van der Waals surface area contributed by atoms with Gasteiger partial charge in [-0.3, -0.25) is 0 Å². The van der Waals surface area contributed by atoms with Gasteiger partial charge >= 0.3 is 0 Å². The first kappa shape index (κ1) is 16.6. The summed E-state index contributed by atoms with van der Waals surface area (Å²) in [5.41, 5.74) is 2.43. The lowest BCUT2D eigenvalue weighted by Crippen LogP contribution is -2.26. The summed E-state index contributed by atoms with van der Waals surface area (Å²) < 4.78 is 10.5. The van der Waals surface area contributed by atoms with Crippen LogP contribution in [0.1, 0.15) is 23.2 Å². The van der Waals surface area contributed by atoms with Crippen LogP contribution in [0.3, 0.4) is 0 Å². The van der Waals surface area contributed by atoms with E-state index in [2.05, 4.69) is 48.2 Å². The van der Waals surface area contributed by atoms with E-state index in [1.165, 1.54) is 11.1 Å². The van der Waals surface area contributed by atoms with E-state index in [0.717, 1.165) is 16.6 Å². The van der Waals surface area contributed by atoms with Crippen LogP contribution in [0.15, 0.2) is 48.5 Å². The van der Waals surface area contributed by atoms with Gasteiger partial charge in [-0.2, -0.15) is 0 Å². The van der Waals surface area contributed by atoms with Crippen LogP contribution < -0.4 is 9.47 Å². The maximum Gasteiger partial charge on any atom is 0.172 e. The summed E-state index contributed by atoms with van der Waals surface area (Å²) >= 11 is 5.62. The molecule has 0 radical (unpaired) electrons. The molecule has 2 atom stereocenters. The van der Waals surface area contributed by atoms with Gasteiger partial charge in [0, 0.05) is 14.1 Å². The molecule has 1 heterocycles. The standard InChI is InChI=1S/C19H22N2O2S/c1-20-17(13-5-9-15(22-3)10-6-13)18(21(2)19(20)24)14-7-11-16(23-4)12-8-14/h5-12,17-18H,1-4H3. The van der Waals surface area contributed by atoms with Crippen molar-refractivity contribution in [3.8, 4) is 11.5 Å². The zero-order chi connectivity index (χ0) is 17.3. The third-order valence-corrected chi connectivity index (χ3v) is 5.23. The molecule has 4 nitrogen and oxygen atoms in total. The van der Waals surface area contributed by atoms with Crippen molar-refractivity contribution < 1.29 is 9.47 Å². The minimum absolute atomic E-state index is 0.154. The van der Waals surface area contributed by atoms with Crippen molar-refractivity contribution in [2.24, 2.45) is 0 Å². The summed E-state index contributed by atoms with van der Waals surface area (Å²) in [6.07, 6.45) is 0. The lowest BCUT2D eigenvalue weighted by atomic mass is 9.93. The van der Waals surface area contributed by atoms with Crippen LogP contribution in [-0.4, -0.2) is 43.2 Å². The average Bonchev–Trinajstić information content (AvgIpc) is 2.86. The minimum atomic E-state index is 0.154. The van der Waals surface area contributed by atoms with Crippen LogP contribution in [-0.2, 0) is 0 Å². The summed E-state index contributed by atoms with van der Waals surface area (Å²) in [5.74, 6) is 1.72. The Labute approximate surface area is 148 Å². The van der Waals surface area contributed by atoms with Crippen LogP contribution in [0.25, 0.3) is 0 Å². The molecule has 0 spiro atoms. The fourth-order valence-corrected chi connectivity index (χ4v) is 3.55. The minimum Gasteiger partial charge on any atom is -0.497 e. The Bertz CT molecular complexity index is 654. The van der Waals surface area contributed by atoms with Gasteiger partial charge in [0.1, 0.15) is 11.5 Å². The third kappa shape index (κ3) is 2.80. The van der Waals surface area contributed by atoms with Crippen LogP contribution in [0.2, 0.25) is 0 Å². The summed E-state index contributed by atoms with van der Waals surface area (Å²) in [6.45, 7) is 0. The summed E-state index contributed by atoms with van der Waals surface area (Å²) in [5, 5.41) is 0.844. The number of nitrogens with zero attached hydrogens (tertiary/aromatic N) is 2. The molecule has 0 aliphatic carbocycles. The van der Waals surface area contributed by atoms with Crippen LogP contribution in [0.5, 0.6) is 11.5 Å². The first-order chi connectivity index (χ1) is 11.6. The molecule has 0 aromatic heterocycles. The second-order valence-corrected chi connectivity index (χ2v) is 6.31. The van der Waals surface area contributed by atoms with Crippen LogP contribution in [0, 0.1) is 0 Å². The topological polar surface area (TPSA) is 24.9 Å². The van der Waals surface area contributed by atoms with Gasteiger partial charge < -0.3 is 19.3 Å². The third-order valence-electron chi connectivity index (χ3n) is 4.65. The van der Waals surface area contributed by atoms with Crippen molar-refractivity contribution in [2.75, 3.05) is 28.3 Å². The molecule has 126 valence electrons.